The van der Waals surface area contributed by atoms with Crippen molar-refractivity contribution in [1.29, 1.82) is 0 Å². The first-order valence-electron chi connectivity index (χ1n) is 5.77. The van der Waals surface area contributed by atoms with Crippen molar-refractivity contribution >= 4 is 52.0 Å². The number of ether oxygens (including phenoxy) is 2. The fourth-order valence-electron chi connectivity index (χ4n) is 1.45. The Morgan fingerprint density at radius 2 is 1.67 bits per heavy atom. The predicted octanol–water partition coefficient (Wildman–Crippen LogP) is 1.73. The molecule has 114 valence electrons. The maximum atomic E-state index is 12.4. The standard InChI is InChI=1S/C13H13ClINO5/c1-20-11(17)6-16(7-12(18)21-2)13(19)8-3-4-10(15)9(14)5-8/h3-5H,6-7H2,1-2H3. The molecular weight excluding hydrogens is 413 g/mol. The van der Waals surface area contributed by atoms with Gasteiger partial charge in [0, 0.05) is 9.13 Å². The SMILES string of the molecule is COC(=O)CN(CC(=O)OC)C(=O)c1ccc(I)c(Cl)c1. The van der Waals surface area contributed by atoms with E-state index in [1.165, 1.54) is 20.3 Å². The first kappa shape index (κ1) is 17.7. The summed E-state index contributed by atoms with van der Waals surface area (Å²) in [6, 6.07) is 4.72. The quantitative estimate of drug-likeness (QED) is 0.531. The zero-order valence-corrected chi connectivity index (χ0v) is 14.3. The van der Waals surface area contributed by atoms with Crippen LogP contribution in [-0.4, -0.2) is 50.1 Å². The molecule has 21 heavy (non-hydrogen) atoms. The number of carbonyl (C=O) groups excluding carboxylic acids is 3. The van der Waals surface area contributed by atoms with E-state index in [2.05, 4.69) is 9.47 Å². The Bertz CT molecular complexity index is 545. The Kier molecular flexibility index (Phi) is 6.90. The van der Waals surface area contributed by atoms with Crippen molar-refractivity contribution in [3.05, 3.63) is 32.4 Å². The Morgan fingerprint density at radius 1 is 1.14 bits per heavy atom. The van der Waals surface area contributed by atoms with Crippen LogP contribution in [0.5, 0.6) is 0 Å². The van der Waals surface area contributed by atoms with Gasteiger partial charge in [-0.2, -0.15) is 0 Å². The lowest BCUT2D eigenvalue weighted by Gasteiger charge is -2.20. The van der Waals surface area contributed by atoms with E-state index in [9.17, 15) is 14.4 Å². The van der Waals surface area contributed by atoms with Gasteiger partial charge >= 0.3 is 11.9 Å². The van der Waals surface area contributed by atoms with E-state index in [0.29, 0.717) is 5.02 Å². The Morgan fingerprint density at radius 3 is 2.10 bits per heavy atom. The van der Waals surface area contributed by atoms with Crippen LogP contribution in [0.25, 0.3) is 0 Å². The summed E-state index contributed by atoms with van der Waals surface area (Å²) < 4.78 is 9.82. The molecule has 0 radical (unpaired) electrons. The van der Waals surface area contributed by atoms with Crippen LogP contribution >= 0.6 is 34.2 Å². The molecule has 1 rings (SSSR count). The Hall–Kier alpha value is -1.35. The molecule has 1 aromatic carbocycles. The number of hydrogen-bond acceptors (Lipinski definition) is 5. The molecule has 0 heterocycles. The smallest absolute Gasteiger partial charge is 0.325 e. The van der Waals surface area contributed by atoms with Gasteiger partial charge in [-0.1, -0.05) is 11.6 Å². The number of halogens is 2. The average Bonchev–Trinajstić information content (AvgIpc) is 2.48. The summed E-state index contributed by atoms with van der Waals surface area (Å²) in [5.41, 5.74) is 0.272. The third-order valence-electron chi connectivity index (χ3n) is 2.55. The minimum atomic E-state index is -0.635. The fraction of sp³-hybridized carbons (Fsp3) is 0.308. The molecule has 1 aromatic rings. The van der Waals surface area contributed by atoms with Gasteiger partial charge in [0.25, 0.3) is 5.91 Å². The normalized spacial score (nSPS) is 9.90. The van der Waals surface area contributed by atoms with Crippen LogP contribution in [0.3, 0.4) is 0 Å². The largest absolute Gasteiger partial charge is 0.468 e. The lowest BCUT2D eigenvalue weighted by atomic mass is 10.2. The van der Waals surface area contributed by atoms with E-state index in [4.69, 9.17) is 11.6 Å². The van der Waals surface area contributed by atoms with Crippen molar-refractivity contribution in [3.8, 4) is 0 Å². The highest BCUT2D eigenvalue weighted by Gasteiger charge is 2.22. The highest BCUT2D eigenvalue weighted by atomic mass is 127. The van der Waals surface area contributed by atoms with Crippen LogP contribution in [0, 0.1) is 3.57 Å². The number of nitrogens with zero attached hydrogens (tertiary/aromatic N) is 1. The van der Waals surface area contributed by atoms with E-state index >= 15 is 0 Å². The Balaban J connectivity index is 2.99. The number of esters is 2. The third kappa shape index (κ3) is 5.16. The predicted molar refractivity (Wildman–Crippen MR) is 84.1 cm³/mol. The molecule has 0 aliphatic carbocycles. The van der Waals surface area contributed by atoms with Crippen molar-refractivity contribution in [2.75, 3.05) is 27.3 Å². The van der Waals surface area contributed by atoms with Gasteiger partial charge in [0.2, 0.25) is 0 Å². The molecule has 0 saturated heterocycles. The minimum Gasteiger partial charge on any atom is -0.468 e. The number of rotatable bonds is 5. The molecule has 0 atom stereocenters. The molecule has 0 aromatic heterocycles. The van der Waals surface area contributed by atoms with Gasteiger partial charge in [-0.15, -0.1) is 0 Å². The molecular formula is C13H13ClINO5. The second-order valence-corrected chi connectivity index (χ2v) is 5.51. The van der Waals surface area contributed by atoms with Gasteiger partial charge in [-0.3, -0.25) is 14.4 Å². The molecule has 1 amide bonds. The third-order valence-corrected chi connectivity index (χ3v) is 4.12. The average molecular weight is 426 g/mol. The van der Waals surface area contributed by atoms with E-state index in [-0.39, 0.29) is 18.7 Å². The number of hydrogen-bond donors (Lipinski definition) is 0. The Labute approximate surface area is 140 Å². The molecule has 0 saturated carbocycles. The van der Waals surface area contributed by atoms with Gasteiger partial charge in [0.05, 0.1) is 19.2 Å². The first-order valence-corrected chi connectivity index (χ1v) is 7.22. The van der Waals surface area contributed by atoms with Crippen LogP contribution in [0.1, 0.15) is 10.4 Å². The van der Waals surface area contributed by atoms with Gasteiger partial charge in [-0.25, -0.2) is 0 Å². The maximum absolute atomic E-state index is 12.4. The summed E-state index contributed by atoms with van der Waals surface area (Å²) >= 11 is 8.00. The second-order valence-electron chi connectivity index (χ2n) is 3.94. The number of carbonyl (C=O) groups is 3. The molecule has 6 nitrogen and oxygen atoms in total. The van der Waals surface area contributed by atoms with E-state index in [1.54, 1.807) is 12.1 Å². The zero-order valence-electron chi connectivity index (χ0n) is 11.4. The molecule has 8 heteroatoms. The highest BCUT2D eigenvalue weighted by molar-refractivity contribution is 14.1. The highest BCUT2D eigenvalue weighted by Crippen LogP contribution is 2.20. The van der Waals surface area contributed by atoms with Crippen molar-refractivity contribution < 1.29 is 23.9 Å². The summed E-state index contributed by atoms with van der Waals surface area (Å²) in [6.07, 6.45) is 0. The second kappa shape index (κ2) is 8.18. The van der Waals surface area contributed by atoms with Crippen LogP contribution in [-0.2, 0) is 19.1 Å². The molecule has 0 N–H and O–H groups in total. The molecule has 0 bridgehead atoms. The lowest BCUT2D eigenvalue weighted by molar-refractivity contribution is -0.144. The van der Waals surface area contributed by atoms with Gasteiger partial charge in [-0.05, 0) is 40.8 Å². The summed E-state index contributed by atoms with van der Waals surface area (Å²) in [5.74, 6) is -1.78. The number of benzene rings is 1. The summed E-state index contributed by atoms with van der Waals surface area (Å²) in [5, 5.41) is 0.414. The van der Waals surface area contributed by atoms with E-state index in [0.717, 1.165) is 8.47 Å². The van der Waals surface area contributed by atoms with Crippen molar-refractivity contribution in [1.82, 2.24) is 4.90 Å². The van der Waals surface area contributed by atoms with Crippen LogP contribution in [0.2, 0.25) is 5.02 Å². The maximum Gasteiger partial charge on any atom is 0.325 e. The first-order chi connectivity index (χ1) is 9.88. The van der Waals surface area contributed by atoms with Gasteiger partial charge < -0.3 is 14.4 Å². The number of methoxy groups -OCH3 is 2. The monoisotopic (exact) mass is 425 g/mol. The molecule has 0 fully saturated rings. The topological polar surface area (TPSA) is 72.9 Å². The van der Waals surface area contributed by atoms with Gasteiger partial charge in [0.15, 0.2) is 0 Å². The summed E-state index contributed by atoms with van der Waals surface area (Å²) in [4.78, 5) is 36.1. The molecule has 0 aliphatic rings. The van der Waals surface area contributed by atoms with Crippen LogP contribution < -0.4 is 0 Å². The van der Waals surface area contributed by atoms with Crippen LogP contribution in [0.4, 0.5) is 0 Å². The molecule has 0 spiro atoms. The summed E-state index contributed by atoms with van der Waals surface area (Å²) in [6.45, 7) is -0.706. The van der Waals surface area contributed by atoms with E-state index in [1.807, 2.05) is 22.6 Å². The van der Waals surface area contributed by atoms with Crippen molar-refractivity contribution in [2.24, 2.45) is 0 Å². The fourth-order valence-corrected chi connectivity index (χ4v) is 1.97. The number of amides is 1. The molecule has 0 aliphatic heterocycles. The minimum absolute atomic E-state index is 0.272. The van der Waals surface area contributed by atoms with Crippen molar-refractivity contribution in [3.63, 3.8) is 0 Å². The lowest BCUT2D eigenvalue weighted by Crippen LogP contribution is -2.40. The summed E-state index contributed by atoms with van der Waals surface area (Å²) in [7, 11) is 2.40. The van der Waals surface area contributed by atoms with Gasteiger partial charge in [0.1, 0.15) is 13.1 Å². The van der Waals surface area contributed by atoms with Crippen LogP contribution in [0.15, 0.2) is 18.2 Å². The zero-order chi connectivity index (χ0) is 16.0. The molecule has 0 unspecified atom stereocenters. The van der Waals surface area contributed by atoms with Crippen molar-refractivity contribution in [2.45, 2.75) is 0 Å². The van der Waals surface area contributed by atoms with E-state index < -0.39 is 17.8 Å².